The Morgan fingerprint density at radius 1 is 0.671 bits per heavy atom. The molecule has 0 saturated carbocycles. The van der Waals surface area contributed by atoms with Crippen molar-refractivity contribution in [2.24, 2.45) is 25.9 Å². The van der Waals surface area contributed by atoms with Crippen molar-refractivity contribution in [3.63, 3.8) is 0 Å². The minimum absolute atomic E-state index is 0.0101. The summed E-state index contributed by atoms with van der Waals surface area (Å²) in [5.41, 5.74) is 20.8. The number of carboxylic acids is 1. The Labute approximate surface area is 418 Å². The highest BCUT2D eigenvalue weighted by Crippen LogP contribution is 2.33. The Hall–Kier alpha value is -8.58. The number of carboxylic acid groups (broad SMARTS) is 1. The minimum Gasteiger partial charge on any atom is -0.478 e. The zero-order valence-electron chi connectivity index (χ0n) is 40.4. The number of hydrogen-bond acceptors (Lipinski definition) is 11. The van der Waals surface area contributed by atoms with Gasteiger partial charge >= 0.3 is 5.97 Å². The molecule has 2 aliphatic heterocycles. The predicted molar refractivity (Wildman–Crippen MR) is 276 cm³/mol. The number of piperidine rings is 2. The van der Waals surface area contributed by atoms with Crippen molar-refractivity contribution in [1.82, 2.24) is 59.0 Å². The van der Waals surface area contributed by atoms with Gasteiger partial charge in [0.25, 0.3) is 5.91 Å². The van der Waals surface area contributed by atoms with Crippen LogP contribution in [0.5, 0.6) is 0 Å². The van der Waals surface area contributed by atoms with Crippen LogP contribution in [-0.2, 0) is 26.9 Å². The number of carbonyl (C=O) groups excluding carboxylic acids is 1. The average Bonchev–Trinajstić information content (AvgIpc) is 4.18. The number of anilines is 2. The number of aryl methyl sites for hydroxylation is 2. The number of benzene rings is 4. The maximum atomic E-state index is 13.7. The van der Waals surface area contributed by atoms with Crippen molar-refractivity contribution in [2.45, 2.75) is 38.5 Å². The van der Waals surface area contributed by atoms with E-state index in [1.54, 1.807) is 62.1 Å². The molecule has 2 atom stereocenters. The number of pyridine rings is 2. The fraction of sp³-hybridized carbons (Fsp3) is 0.259. The van der Waals surface area contributed by atoms with E-state index in [1.807, 2.05) is 85.0 Å². The largest absolute Gasteiger partial charge is 0.478 e. The van der Waals surface area contributed by atoms with Gasteiger partial charge in [0, 0.05) is 55.9 Å². The molecule has 2 aliphatic rings. The highest BCUT2D eigenvalue weighted by Gasteiger charge is 2.26. The fourth-order valence-electron chi connectivity index (χ4n) is 9.96. The standard InChI is InChI=1S/C27H26FN7O.C15H12N6O2.C12H16FN/c1-33-24-13-20(26(36)34-9-2-3-18(16-34)11-17-4-6-21(28)7-5-17)12-22(23(24)15-30-33)19-8-10-35-25(14-19)31-27(29)32-35;1-20-12-5-9(14(22)23)4-10(11(12)7-17-20)8-2-3-21-13(6-8)18-15(16)19-21;13-12-5-3-10(4-6-12)8-11-2-1-7-14-9-11/h4-8,10,12-15,18H,2-3,9,11,16H2,1H3,(H2,29,32);2-7H,1H3,(H2,16,19)(H,22,23);3-6,11,14H,1-2,7-9H2. The first-order valence-corrected chi connectivity index (χ1v) is 24.2. The molecule has 1 amide bonds. The number of halogens is 2. The number of nitrogens with zero attached hydrogens (tertiary/aromatic N) is 11. The highest BCUT2D eigenvalue weighted by atomic mass is 19.1. The van der Waals surface area contributed by atoms with E-state index in [2.05, 4.69) is 35.7 Å². The van der Waals surface area contributed by atoms with Crippen LogP contribution in [-0.4, -0.2) is 96.8 Å². The van der Waals surface area contributed by atoms with Crippen LogP contribution in [0.25, 0.3) is 55.4 Å². The van der Waals surface area contributed by atoms with E-state index in [4.69, 9.17) is 11.5 Å². The smallest absolute Gasteiger partial charge is 0.335 e. The normalized spacial score (nSPS) is 15.8. The molecule has 6 aromatic heterocycles. The van der Waals surface area contributed by atoms with Gasteiger partial charge in [0.1, 0.15) is 11.6 Å². The Balaban J connectivity index is 0.000000140. The summed E-state index contributed by atoms with van der Waals surface area (Å²) in [5, 5.41) is 31.4. The first-order chi connectivity index (χ1) is 35.3. The van der Waals surface area contributed by atoms with Gasteiger partial charge in [-0.15, -0.1) is 10.2 Å². The number of amides is 1. The maximum Gasteiger partial charge on any atom is 0.335 e. The van der Waals surface area contributed by atoms with E-state index < -0.39 is 5.97 Å². The molecule has 17 nitrogen and oxygen atoms in total. The Morgan fingerprint density at radius 3 is 1.70 bits per heavy atom. The molecule has 0 radical (unpaired) electrons. The van der Waals surface area contributed by atoms with E-state index in [0.717, 1.165) is 101 Å². The van der Waals surface area contributed by atoms with Crippen molar-refractivity contribution in [2.75, 3.05) is 37.6 Å². The van der Waals surface area contributed by atoms with Gasteiger partial charge in [-0.05, 0) is 170 Å². The predicted octanol–water partition coefficient (Wildman–Crippen LogP) is 8.03. The van der Waals surface area contributed by atoms with Crippen molar-refractivity contribution < 1.29 is 23.5 Å². The summed E-state index contributed by atoms with van der Waals surface area (Å²) in [6, 6.07) is 28.2. The molecule has 10 aromatic rings. The summed E-state index contributed by atoms with van der Waals surface area (Å²) < 4.78 is 32.6. The van der Waals surface area contributed by atoms with Gasteiger partial charge in [-0.1, -0.05) is 24.3 Å². The van der Waals surface area contributed by atoms with Gasteiger partial charge < -0.3 is 26.8 Å². The summed E-state index contributed by atoms with van der Waals surface area (Å²) in [5.74, 6) is 0.125. The SMILES string of the molecule is Cn1ncc2c(-c3ccn4nc(N)nc4c3)cc(C(=O)N3CCCC(Cc4ccc(F)cc4)C3)cc21.Cn1ncc2c(-c3ccn4nc(N)nc4c3)cc(C(=O)O)cc21.Fc1ccc(CC2CCCNC2)cc1. The highest BCUT2D eigenvalue weighted by molar-refractivity contribution is 6.04. The van der Waals surface area contributed by atoms with Crippen LogP contribution in [0, 0.1) is 23.5 Å². The van der Waals surface area contributed by atoms with Crippen molar-refractivity contribution in [3.05, 3.63) is 156 Å². The summed E-state index contributed by atoms with van der Waals surface area (Å²) in [4.78, 5) is 35.5. The number of nitrogen functional groups attached to an aromatic ring is 2. The van der Waals surface area contributed by atoms with Crippen LogP contribution >= 0.6 is 0 Å². The lowest BCUT2D eigenvalue weighted by Crippen LogP contribution is -2.40. The molecule has 0 aliphatic carbocycles. The van der Waals surface area contributed by atoms with Crippen molar-refractivity contribution >= 4 is 56.9 Å². The van der Waals surface area contributed by atoms with Crippen LogP contribution in [0.4, 0.5) is 20.7 Å². The number of aromatic carboxylic acids is 1. The van der Waals surface area contributed by atoms with Gasteiger partial charge in [-0.25, -0.2) is 22.6 Å². The lowest BCUT2D eigenvalue weighted by molar-refractivity contribution is 0.0671. The summed E-state index contributed by atoms with van der Waals surface area (Å²) in [7, 11) is 3.66. The molecule has 2 unspecified atom stereocenters. The van der Waals surface area contributed by atoms with Crippen LogP contribution in [0.1, 0.15) is 57.5 Å². The molecular formula is C54H54F2N14O3. The second kappa shape index (κ2) is 20.6. The quantitative estimate of drug-likeness (QED) is 0.114. The maximum absolute atomic E-state index is 13.7. The lowest BCUT2D eigenvalue weighted by Gasteiger charge is -2.33. The second-order valence-electron chi connectivity index (χ2n) is 18.8. The van der Waals surface area contributed by atoms with Crippen LogP contribution in [0.15, 0.2) is 122 Å². The third-order valence-corrected chi connectivity index (χ3v) is 13.6. The number of nitrogens with one attached hydrogen (secondary N) is 1. The molecule has 12 rings (SSSR count). The molecule has 2 fully saturated rings. The first kappa shape index (κ1) is 48.1. The second-order valence-corrected chi connectivity index (χ2v) is 18.8. The first-order valence-electron chi connectivity index (χ1n) is 24.2. The average molecular weight is 985 g/mol. The molecule has 73 heavy (non-hydrogen) atoms. The molecule has 0 spiro atoms. The Morgan fingerprint density at radius 2 is 1.18 bits per heavy atom. The van der Waals surface area contributed by atoms with Gasteiger partial charge in [-0.3, -0.25) is 14.2 Å². The van der Waals surface area contributed by atoms with E-state index >= 15 is 0 Å². The lowest BCUT2D eigenvalue weighted by atomic mass is 9.90. The zero-order chi connectivity index (χ0) is 50.8. The molecule has 19 heteroatoms. The number of aromatic nitrogens is 10. The number of carbonyl (C=O) groups is 2. The number of rotatable bonds is 8. The van der Waals surface area contributed by atoms with E-state index in [9.17, 15) is 23.5 Å². The molecule has 8 heterocycles. The molecule has 2 saturated heterocycles. The third-order valence-electron chi connectivity index (χ3n) is 13.6. The summed E-state index contributed by atoms with van der Waals surface area (Å²) >= 11 is 0. The molecular weight excluding hydrogens is 931 g/mol. The number of hydrogen-bond donors (Lipinski definition) is 4. The van der Waals surface area contributed by atoms with E-state index in [-0.39, 0.29) is 35.0 Å². The van der Waals surface area contributed by atoms with Gasteiger partial charge in [0.15, 0.2) is 11.3 Å². The minimum atomic E-state index is -0.984. The third kappa shape index (κ3) is 10.7. The molecule has 6 N–H and O–H groups in total. The van der Waals surface area contributed by atoms with E-state index in [1.165, 1.54) is 30.5 Å². The van der Waals surface area contributed by atoms with Gasteiger partial charge in [0.2, 0.25) is 11.9 Å². The fourth-order valence-corrected chi connectivity index (χ4v) is 9.96. The Bertz CT molecular complexity index is 3620. The number of likely N-dealkylation sites (tertiary alicyclic amines) is 1. The topological polar surface area (TPSA) is 218 Å². The van der Waals surface area contributed by atoms with Gasteiger partial charge in [-0.2, -0.15) is 20.2 Å². The van der Waals surface area contributed by atoms with Crippen LogP contribution in [0.3, 0.4) is 0 Å². The Kier molecular flexibility index (Phi) is 13.6. The monoisotopic (exact) mass is 984 g/mol. The van der Waals surface area contributed by atoms with Crippen molar-refractivity contribution in [3.8, 4) is 22.3 Å². The van der Waals surface area contributed by atoms with E-state index in [0.29, 0.717) is 29.3 Å². The molecule has 4 aromatic carbocycles. The summed E-state index contributed by atoms with van der Waals surface area (Å²) in [6.45, 7) is 3.67. The van der Waals surface area contributed by atoms with Gasteiger partial charge in [0.05, 0.1) is 29.0 Å². The van der Waals surface area contributed by atoms with Crippen molar-refractivity contribution in [1.29, 1.82) is 0 Å². The molecule has 0 bridgehead atoms. The number of nitrogens with two attached hydrogens (primary N) is 2. The van der Waals surface area contributed by atoms with Crippen LogP contribution < -0.4 is 16.8 Å². The number of fused-ring (bicyclic) bond motifs is 4. The summed E-state index contributed by atoms with van der Waals surface area (Å²) in [6.07, 6.45) is 13.6. The molecule has 372 valence electrons. The van der Waals surface area contributed by atoms with Crippen LogP contribution in [0.2, 0.25) is 0 Å². The zero-order valence-corrected chi connectivity index (χ0v) is 40.4.